The summed E-state index contributed by atoms with van der Waals surface area (Å²) in [4.78, 5) is 40.4. The number of piperazine rings is 1. The van der Waals surface area contributed by atoms with Crippen molar-refractivity contribution in [3.05, 3.63) is 42.1 Å². The van der Waals surface area contributed by atoms with E-state index in [2.05, 4.69) is 20.2 Å². The Labute approximate surface area is 176 Å². The second-order valence-corrected chi connectivity index (χ2v) is 7.78. The lowest BCUT2D eigenvalue weighted by molar-refractivity contribution is -0.136. The van der Waals surface area contributed by atoms with Gasteiger partial charge < -0.3 is 20.0 Å². The van der Waals surface area contributed by atoms with E-state index < -0.39 is 0 Å². The molecule has 2 amide bonds. The first-order valence-electron chi connectivity index (χ1n) is 10.5. The molecule has 0 aliphatic carbocycles. The summed E-state index contributed by atoms with van der Waals surface area (Å²) >= 11 is 0. The van der Waals surface area contributed by atoms with Gasteiger partial charge in [0, 0.05) is 63.1 Å². The molecule has 2 saturated heterocycles. The fourth-order valence-electron chi connectivity index (χ4n) is 4.08. The zero-order chi connectivity index (χ0) is 21.1. The Morgan fingerprint density at radius 1 is 1.13 bits per heavy atom. The van der Waals surface area contributed by atoms with Gasteiger partial charge in [-0.05, 0) is 26.0 Å². The Balaban J connectivity index is 1.36. The Morgan fingerprint density at radius 2 is 1.87 bits per heavy atom. The summed E-state index contributed by atoms with van der Waals surface area (Å²) in [6, 6.07) is 11.5. The Hall–Kier alpha value is -3.16. The molecule has 1 N–H and O–H groups in total. The number of amides is 2. The smallest absolute Gasteiger partial charge is 0.228 e. The number of hydrogen-bond acceptors (Lipinski definition) is 6. The maximum atomic E-state index is 13.0. The molecule has 1 unspecified atom stereocenters. The highest BCUT2D eigenvalue weighted by Crippen LogP contribution is 2.26. The van der Waals surface area contributed by atoms with Crippen molar-refractivity contribution >= 4 is 29.3 Å². The first-order valence-corrected chi connectivity index (χ1v) is 10.5. The third-order valence-corrected chi connectivity index (χ3v) is 5.62. The van der Waals surface area contributed by atoms with E-state index in [0.717, 1.165) is 23.7 Å². The van der Waals surface area contributed by atoms with Crippen LogP contribution in [-0.2, 0) is 9.59 Å². The minimum atomic E-state index is -0.278. The van der Waals surface area contributed by atoms with Crippen LogP contribution >= 0.6 is 0 Å². The zero-order valence-electron chi connectivity index (χ0n) is 17.5. The van der Waals surface area contributed by atoms with E-state index in [1.54, 1.807) is 4.90 Å². The molecule has 30 heavy (non-hydrogen) atoms. The zero-order valence-corrected chi connectivity index (χ0v) is 17.5. The van der Waals surface area contributed by atoms with Crippen LogP contribution in [-0.4, -0.2) is 66.0 Å². The molecule has 2 aliphatic heterocycles. The first kappa shape index (κ1) is 20.1. The lowest BCUT2D eigenvalue weighted by atomic mass is 10.1. The van der Waals surface area contributed by atoms with Crippen molar-refractivity contribution in [2.75, 3.05) is 54.4 Å². The van der Waals surface area contributed by atoms with Gasteiger partial charge in [0.1, 0.15) is 5.82 Å². The van der Waals surface area contributed by atoms with Crippen molar-refractivity contribution in [2.45, 2.75) is 20.3 Å². The van der Waals surface area contributed by atoms with Gasteiger partial charge in [-0.2, -0.15) is 4.98 Å². The first-order chi connectivity index (χ1) is 14.5. The maximum absolute atomic E-state index is 13.0. The molecule has 1 aromatic heterocycles. The lowest BCUT2D eigenvalue weighted by Gasteiger charge is -2.36. The normalized spacial score (nSPS) is 19.3. The summed E-state index contributed by atoms with van der Waals surface area (Å²) in [7, 11) is 0. The van der Waals surface area contributed by atoms with E-state index >= 15 is 0 Å². The topological polar surface area (TPSA) is 81.7 Å². The standard InChI is InChI=1S/C22H28N6O2/c1-3-23-19-13-16(2)24-22(25-19)27-11-9-26(10-12-27)21(30)17-14-20(29)28(15-17)18-7-5-4-6-8-18/h4-8,13,17H,3,9-12,14-15H2,1-2H3,(H,23,24,25). The molecule has 1 aromatic carbocycles. The van der Waals surface area contributed by atoms with Crippen LogP contribution in [0.2, 0.25) is 0 Å². The van der Waals surface area contributed by atoms with Crippen molar-refractivity contribution in [1.29, 1.82) is 0 Å². The van der Waals surface area contributed by atoms with E-state index in [1.807, 2.05) is 55.1 Å². The molecular weight excluding hydrogens is 380 g/mol. The monoisotopic (exact) mass is 408 g/mol. The molecule has 2 aromatic rings. The second kappa shape index (κ2) is 8.69. The summed E-state index contributed by atoms with van der Waals surface area (Å²) in [5.41, 5.74) is 1.77. The van der Waals surface area contributed by atoms with Crippen molar-refractivity contribution in [2.24, 2.45) is 5.92 Å². The van der Waals surface area contributed by atoms with Crippen LogP contribution in [0.25, 0.3) is 0 Å². The van der Waals surface area contributed by atoms with Gasteiger partial charge in [0.15, 0.2) is 0 Å². The number of nitrogens with one attached hydrogen (secondary N) is 1. The number of rotatable bonds is 5. The summed E-state index contributed by atoms with van der Waals surface area (Å²) in [5, 5.41) is 3.23. The molecule has 1 atom stereocenters. The number of para-hydroxylation sites is 1. The number of nitrogens with zero attached hydrogens (tertiary/aromatic N) is 5. The van der Waals surface area contributed by atoms with E-state index in [1.165, 1.54) is 0 Å². The number of hydrogen-bond donors (Lipinski definition) is 1. The van der Waals surface area contributed by atoms with Gasteiger partial charge >= 0.3 is 0 Å². The maximum Gasteiger partial charge on any atom is 0.228 e. The van der Waals surface area contributed by atoms with Gasteiger partial charge in [-0.25, -0.2) is 4.98 Å². The highest BCUT2D eigenvalue weighted by atomic mass is 16.2. The third kappa shape index (κ3) is 4.22. The Morgan fingerprint density at radius 3 is 2.57 bits per heavy atom. The molecule has 0 bridgehead atoms. The van der Waals surface area contributed by atoms with Crippen LogP contribution in [0.5, 0.6) is 0 Å². The van der Waals surface area contributed by atoms with Gasteiger partial charge in [0.25, 0.3) is 0 Å². The van der Waals surface area contributed by atoms with Gasteiger partial charge in [0.2, 0.25) is 17.8 Å². The third-order valence-electron chi connectivity index (χ3n) is 5.62. The number of aryl methyl sites for hydroxylation is 1. The SMILES string of the molecule is CCNc1cc(C)nc(N2CCN(C(=O)C3CC(=O)N(c4ccccc4)C3)CC2)n1. The van der Waals surface area contributed by atoms with Gasteiger partial charge in [0.05, 0.1) is 5.92 Å². The average molecular weight is 409 g/mol. The number of carbonyl (C=O) groups is 2. The van der Waals surface area contributed by atoms with Crippen LogP contribution in [0.3, 0.4) is 0 Å². The van der Waals surface area contributed by atoms with Crippen molar-refractivity contribution in [1.82, 2.24) is 14.9 Å². The molecule has 8 nitrogen and oxygen atoms in total. The molecule has 2 fully saturated rings. The molecule has 3 heterocycles. The Kier molecular flexibility index (Phi) is 5.83. The predicted molar refractivity (Wildman–Crippen MR) is 117 cm³/mol. The highest BCUT2D eigenvalue weighted by molar-refractivity contribution is 6.00. The van der Waals surface area contributed by atoms with Crippen molar-refractivity contribution in [3.8, 4) is 0 Å². The second-order valence-electron chi connectivity index (χ2n) is 7.78. The fraction of sp³-hybridized carbons (Fsp3) is 0.455. The van der Waals surface area contributed by atoms with Gasteiger partial charge in [-0.15, -0.1) is 0 Å². The van der Waals surface area contributed by atoms with E-state index in [-0.39, 0.29) is 24.2 Å². The molecule has 0 saturated carbocycles. The van der Waals surface area contributed by atoms with Crippen LogP contribution in [0, 0.1) is 12.8 Å². The predicted octanol–water partition coefficient (Wildman–Crippen LogP) is 1.92. The van der Waals surface area contributed by atoms with E-state index in [9.17, 15) is 9.59 Å². The number of benzene rings is 1. The largest absolute Gasteiger partial charge is 0.370 e. The Bertz CT molecular complexity index is 911. The number of carbonyl (C=O) groups excluding carboxylic acids is 2. The van der Waals surface area contributed by atoms with Gasteiger partial charge in [-0.3, -0.25) is 9.59 Å². The van der Waals surface area contributed by atoms with Crippen LogP contribution in [0.4, 0.5) is 17.5 Å². The minimum Gasteiger partial charge on any atom is -0.370 e. The quantitative estimate of drug-likeness (QED) is 0.814. The summed E-state index contributed by atoms with van der Waals surface area (Å²) in [6.07, 6.45) is 0.279. The van der Waals surface area contributed by atoms with Crippen LogP contribution in [0.15, 0.2) is 36.4 Å². The summed E-state index contributed by atoms with van der Waals surface area (Å²) < 4.78 is 0. The highest BCUT2D eigenvalue weighted by Gasteiger charge is 2.38. The summed E-state index contributed by atoms with van der Waals surface area (Å²) in [5.74, 6) is 1.33. The molecule has 4 rings (SSSR count). The van der Waals surface area contributed by atoms with Crippen molar-refractivity contribution < 1.29 is 9.59 Å². The molecular formula is C22H28N6O2. The molecule has 2 aliphatic rings. The minimum absolute atomic E-state index is 0.0160. The summed E-state index contributed by atoms with van der Waals surface area (Å²) in [6.45, 7) is 7.85. The van der Waals surface area contributed by atoms with E-state index in [4.69, 9.17) is 0 Å². The molecule has 158 valence electrons. The number of aromatic nitrogens is 2. The number of anilines is 3. The fourth-order valence-corrected chi connectivity index (χ4v) is 4.08. The van der Waals surface area contributed by atoms with Crippen molar-refractivity contribution in [3.63, 3.8) is 0 Å². The van der Waals surface area contributed by atoms with E-state index in [0.29, 0.717) is 38.7 Å². The lowest BCUT2D eigenvalue weighted by Crippen LogP contribution is -2.51. The average Bonchev–Trinajstić information content (AvgIpc) is 3.15. The molecule has 0 radical (unpaired) electrons. The van der Waals surface area contributed by atoms with Crippen LogP contribution < -0.4 is 15.1 Å². The van der Waals surface area contributed by atoms with Crippen LogP contribution in [0.1, 0.15) is 19.0 Å². The van der Waals surface area contributed by atoms with Gasteiger partial charge in [-0.1, -0.05) is 18.2 Å². The molecule has 8 heteroatoms. The molecule has 0 spiro atoms.